The van der Waals surface area contributed by atoms with E-state index in [9.17, 15) is 4.79 Å². The second-order valence-corrected chi connectivity index (χ2v) is 6.76. The summed E-state index contributed by atoms with van der Waals surface area (Å²) >= 11 is 0. The standard InChI is InChI=1S/C16H20N2O2/c1-15(2)14(16(15,3)4)18-13(19)12-8-9-7-10(17)5-6-11(9)20-12/h5-8,14H,17H2,1-4H3,(H,18,19). The van der Waals surface area contributed by atoms with Gasteiger partial charge in [0.2, 0.25) is 0 Å². The number of fused-ring (bicyclic) bond motifs is 1. The van der Waals surface area contributed by atoms with Crippen molar-refractivity contribution < 1.29 is 9.21 Å². The first-order valence-electron chi connectivity index (χ1n) is 6.83. The van der Waals surface area contributed by atoms with Crippen LogP contribution < -0.4 is 11.1 Å². The molecule has 1 aromatic carbocycles. The van der Waals surface area contributed by atoms with Crippen molar-refractivity contribution in [1.29, 1.82) is 0 Å². The molecule has 3 rings (SSSR count). The number of anilines is 1. The Bertz CT molecular complexity index is 684. The van der Waals surface area contributed by atoms with Crippen molar-refractivity contribution in [3.63, 3.8) is 0 Å². The van der Waals surface area contributed by atoms with E-state index in [-0.39, 0.29) is 22.8 Å². The maximum Gasteiger partial charge on any atom is 0.287 e. The fourth-order valence-corrected chi connectivity index (χ4v) is 2.93. The van der Waals surface area contributed by atoms with Gasteiger partial charge in [0.15, 0.2) is 5.76 Å². The molecule has 4 heteroatoms. The number of carbonyl (C=O) groups excluding carboxylic acids is 1. The van der Waals surface area contributed by atoms with Crippen LogP contribution in [0.2, 0.25) is 0 Å². The van der Waals surface area contributed by atoms with Gasteiger partial charge in [0.1, 0.15) is 5.58 Å². The quantitative estimate of drug-likeness (QED) is 0.825. The van der Waals surface area contributed by atoms with Crippen molar-refractivity contribution in [2.45, 2.75) is 33.7 Å². The number of nitrogens with one attached hydrogen (secondary N) is 1. The summed E-state index contributed by atoms with van der Waals surface area (Å²) in [6, 6.07) is 7.26. The van der Waals surface area contributed by atoms with E-state index in [0.29, 0.717) is 17.0 Å². The van der Waals surface area contributed by atoms with Crippen LogP contribution in [0.3, 0.4) is 0 Å². The number of nitrogen functional groups attached to an aromatic ring is 1. The summed E-state index contributed by atoms with van der Waals surface area (Å²) < 4.78 is 5.58. The van der Waals surface area contributed by atoms with E-state index in [1.807, 2.05) is 0 Å². The molecule has 20 heavy (non-hydrogen) atoms. The van der Waals surface area contributed by atoms with E-state index in [1.54, 1.807) is 24.3 Å². The molecule has 1 fully saturated rings. The number of nitrogens with two attached hydrogens (primary N) is 1. The number of hydrogen-bond donors (Lipinski definition) is 2. The van der Waals surface area contributed by atoms with Crippen LogP contribution in [0.15, 0.2) is 28.7 Å². The highest BCUT2D eigenvalue weighted by atomic mass is 16.3. The van der Waals surface area contributed by atoms with E-state index < -0.39 is 0 Å². The van der Waals surface area contributed by atoms with Gasteiger partial charge >= 0.3 is 0 Å². The maximum atomic E-state index is 12.3. The Kier molecular flexibility index (Phi) is 2.46. The Labute approximate surface area is 118 Å². The lowest BCUT2D eigenvalue weighted by Crippen LogP contribution is -2.29. The summed E-state index contributed by atoms with van der Waals surface area (Å²) in [4.78, 5) is 12.3. The Morgan fingerprint density at radius 2 is 1.85 bits per heavy atom. The van der Waals surface area contributed by atoms with E-state index in [0.717, 1.165) is 5.39 Å². The van der Waals surface area contributed by atoms with Gasteiger partial charge in [0.25, 0.3) is 5.91 Å². The highest BCUT2D eigenvalue weighted by Crippen LogP contribution is 2.62. The van der Waals surface area contributed by atoms with E-state index in [2.05, 4.69) is 33.0 Å². The minimum absolute atomic E-state index is 0.110. The molecule has 0 spiro atoms. The Morgan fingerprint density at radius 3 is 2.45 bits per heavy atom. The van der Waals surface area contributed by atoms with Crippen molar-refractivity contribution in [2.24, 2.45) is 10.8 Å². The molecule has 1 aliphatic rings. The fourth-order valence-electron chi connectivity index (χ4n) is 2.93. The molecule has 3 N–H and O–H groups in total. The first-order chi connectivity index (χ1) is 9.23. The van der Waals surface area contributed by atoms with Gasteiger partial charge in [-0.1, -0.05) is 27.7 Å². The number of benzene rings is 1. The van der Waals surface area contributed by atoms with Crippen LogP contribution in [0.25, 0.3) is 11.0 Å². The molecule has 1 amide bonds. The number of rotatable bonds is 2. The zero-order valence-electron chi connectivity index (χ0n) is 12.3. The molecule has 0 aliphatic heterocycles. The van der Waals surface area contributed by atoms with Gasteiger partial charge in [-0.25, -0.2) is 0 Å². The lowest BCUT2D eigenvalue weighted by molar-refractivity contribution is 0.0918. The monoisotopic (exact) mass is 272 g/mol. The molecule has 0 saturated heterocycles. The smallest absolute Gasteiger partial charge is 0.287 e. The van der Waals surface area contributed by atoms with Crippen LogP contribution in [-0.4, -0.2) is 11.9 Å². The van der Waals surface area contributed by atoms with Gasteiger partial charge in [0, 0.05) is 17.1 Å². The predicted molar refractivity (Wildman–Crippen MR) is 79.4 cm³/mol. The van der Waals surface area contributed by atoms with Gasteiger partial charge in [-0.15, -0.1) is 0 Å². The third-order valence-electron chi connectivity index (χ3n) is 5.06. The van der Waals surface area contributed by atoms with Crippen molar-refractivity contribution >= 4 is 22.6 Å². The van der Waals surface area contributed by atoms with Crippen molar-refractivity contribution in [1.82, 2.24) is 5.32 Å². The largest absolute Gasteiger partial charge is 0.451 e. The first kappa shape index (κ1) is 13.0. The highest BCUT2D eigenvalue weighted by Gasteiger charge is 2.65. The van der Waals surface area contributed by atoms with Crippen LogP contribution in [0.1, 0.15) is 38.2 Å². The highest BCUT2D eigenvalue weighted by molar-refractivity contribution is 5.97. The van der Waals surface area contributed by atoms with Crippen LogP contribution in [0.4, 0.5) is 5.69 Å². The number of amides is 1. The molecule has 4 nitrogen and oxygen atoms in total. The molecule has 106 valence electrons. The molecule has 0 bridgehead atoms. The fraction of sp³-hybridized carbons (Fsp3) is 0.438. The van der Waals surface area contributed by atoms with Crippen molar-refractivity contribution in [2.75, 3.05) is 5.73 Å². The van der Waals surface area contributed by atoms with Crippen molar-refractivity contribution in [3.8, 4) is 0 Å². The summed E-state index contributed by atoms with van der Waals surface area (Å²) in [6.07, 6.45) is 0. The molecule has 0 radical (unpaired) electrons. The Hall–Kier alpha value is -1.97. The molecule has 0 unspecified atom stereocenters. The molecular formula is C16H20N2O2. The van der Waals surface area contributed by atoms with Crippen LogP contribution in [0.5, 0.6) is 0 Å². The lowest BCUT2D eigenvalue weighted by Gasteiger charge is -2.04. The summed E-state index contributed by atoms with van der Waals surface area (Å²) in [5.74, 6) is 0.174. The van der Waals surface area contributed by atoms with Crippen molar-refractivity contribution in [3.05, 3.63) is 30.0 Å². The molecule has 2 aromatic rings. The normalized spacial score (nSPS) is 20.0. The lowest BCUT2D eigenvalue weighted by atomic mass is 10.0. The van der Waals surface area contributed by atoms with Crippen LogP contribution in [0, 0.1) is 10.8 Å². The number of hydrogen-bond acceptors (Lipinski definition) is 3. The molecule has 1 aliphatic carbocycles. The summed E-state index contributed by atoms with van der Waals surface area (Å²) in [5, 5.41) is 3.91. The van der Waals surface area contributed by atoms with Crippen LogP contribution >= 0.6 is 0 Å². The molecule has 1 saturated carbocycles. The topological polar surface area (TPSA) is 68.3 Å². The zero-order valence-corrected chi connectivity index (χ0v) is 12.3. The van der Waals surface area contributed by atoms with E-state index in [1.165, 1.54) is 0 Å². The SMILES string of the molecule is CC1(C)C(NC(=O)c2cc3cc(N)ccc3o2)C1(C)C. The Morgan fingerprint density at radius 1 is 1.20 bits per heavy atom. The summed E-state index contributed by atoms with van der Waals surface area (Å²) in [7, 11) is 0. The first-order valence-corrected chi connectivity index (χ1v) is 6.83. The van der Waals surface area contributed by atoms with E-state index in [4.69, 9.17) is 10.2 Å². The minimum atomic E-state index is -0.163. The predicted octanol–water partition coefficient (Wildman–Crippen LogP) is 3.18. The molecular weight excluding hydrogens is 252 g/mol. The second kappa shape index (κ2) is 3.78. The molecule has 1 aromatic heterocycles. The zero-order chi connectivity index (χ0) is 14.7. The molecule has 1 heterocycles. The third kappa shape index (κ3) is 1.71. The summed E-state index contributed by atoms with van der Waals surface area (Å²) in [5.41, 5.74) is 7.29. The van der Waals surface area contributed by atoms with Gasteiger partial charge < -0.3 is 15.5 Å². The van der Waals surface area contributed by atoms with E-state index >= 15 is 0 Å². The average Bonchev–Trinajstić information content (AvgIpc) is 2.70. The average molecular weight is 272 g/mol. The number of carbonyl (C=O) groups is 1. The maximum absolute atomic E-state index is 12.3. The summed E-state index contributed by atoms with van der Waals surface area (Å²) in [6.45, 7) is 8.66. The van der Waals surface area contributed by atoms with Gasteiger partial charge in [0.05, 0.1) is 0 Å². The third-order valence-corrected chi connectivity index (χ3v) is 5.06. The number of furan rings is 1. The van der Waals surface area contributed by atoms with Gasteiger partial charge in [-0.3, -0.25) is 4.79 Å². The second-order valence-electron chi connectivity index (χ2n) is 6.76. The van der Waals surface area contributed by atoms with Gasteiger partial charge in [-0.2, -0.15) is 0 Å². The van der Waals surface area contributed by atoms with Crippen LogP contribution in [-0.2, 0) is 0 Å². The minimum Gasteiger partial charge on any atom is -0.451 e. The van der Waals surface area contributed by atoms with Gasteiger partial charge in [-0.05, 0) is 35.1 Å². The molecule has 0 atom stereocenters. The Balaban J connectivity index is 1.83.